The van der Waals surface area contributed by atoms with Crippen molar-refractivity contribution in [3.63, 3.8) is 0 Å². The quantitative estimate of drug-likeness (QED) is 0.383. The van der Waals surface area contributed by atoms with Gasteiger partial charge in [-0.3, -0.25) is 0 Å². The lowest BCUT2D eigenvalue weighted by Gasteiger charge is -2.20. The van der Waals surface area contributed by atoms with Gasteiger partial charge in [-0.15, -0.1) is 5.10 Å². The van der Waals surface area contributed by atoms with E-state index in [1.165, 1.54) is 6.07 Å². The minimum atomic E-state index is -2.91. The number of anilines is 1. The number of nitrogens with zero attached hydrogens (tertiary/aromatic N) is 4. The van der Waals surface area contributed by atoms with E-state index in [9.17, 15) is 14.0 Å². The van der Waals surface area contributed by atoms with E-state index in [2.05, 4.69) is 21.7 Å². The van der Waals surface area contributed by atoms with Gasteiger partial charge in [-0.05, 0) is 60.4 Å². The van der Waals surface area contributed by atoms with Crippen LogP contribution in [0.2, 0.25) is 0 Å². The summed E-state index contributed by atoms with van der Waals surface area (Å²) in [6, 6.07) is 14.8. The second kappa shape index (κ2) is 9.35. The Bertz CT molecular complexity index is 1390. The van der Waals surface area contributed by atoms with Gasteiger partial charge in [-0.2, -0.15) is 18.7 Å². The van der Waals surface area contributed by atoms with Crippen LogP contribution in [0.1, 0.15) is 28.8 Å². The maximum Gasteiger partial charge on any atom is 0.335 e. The number of aryl methyl sites for hydroxylation is 1. The van der Waals surface area contributed by atoms with Gasteiger partial charge < -0.3 is 14.8 Å². The molecular weight excluding hydrogens is 440 g/mol. The minimum Gasteiger partial charge on any atom is -0.497 e. The summed E-state index contributed by atoms with van der Waals surface area (Å²) in [6.07, 6.45) is 0. The van der Waals surface area contributed by atoms with E-state index < -0.39 is 6.55 Å². The summed E-state index contributed by atoms with van der Waals surface area (Å²) < 4.78 is 39.2. The molecule has 0 aliphatic heterocycles. The molecule has 9 heteroatoms. The summed E-state index contributed by atoms with van der Waals surface area (Å²) in [5, 5.41) is 20.8. The fourth-order valence-corrected chi connectivity index (χ4v) is 4.13. The zero-order chi connectivity index (χ0) is 24.4. The standard InChI is InChI=1S/C25H23F2N5O2/c1-14-5-10-20(34-4)15(2)21(14)22-23(29-13-16-6-8-18(33-3)9-7-16)17(12-28)11-19-24(22)32(25(26)27)31-30-19/h5-11,25,29H,13H2,1-4H3. The molecule has 4 aromatic rings. The molecule has 0 radical (unpaired) electrons. The molecule has 4 rings (SSSR count). The largest absolute Gasteiger partial charge is 0.497 e. The van der Waals surface area contributed by atoms with E-state index in [1.54, 1.807) is 14.2 Å². The fourth-order valence-electron chi connectivity index (χ4n) is 4.13. The molecule has 0 amide bonds. The second-order valence-corrected chi connectivity index (χ2v) is 7.75. The third-order valence-electron chi connectivity index (χ3n) is 5.78. The maximum absolute atomic E-state index is 13.9. The highest BCUT2D eigenvalue weighted by Gasteiger charge is 2.26. The first-order chi connectivity index (χ1) is 16.4. The van der Waals surface area contributed by atoms with E-state index >= 15 is 0 Å². The van der Waals surface area contributed by atoms with Crippen molar-refractivity contribution in [2.45, 2.75) is 26.9 Å². The predicted molar refractivity (Wildman–Crippen MR) is 125 cm³/mol. The highest BCUT2D eigenvalue weighted by molar-refractivity contribution is 6.03. The van der Waals surface area contributed by atoms with Crippen molar-refractivity contribution in [3.05, 3.63) is 64.7 Å². The third-order valence-corrected chi connectivity index (χ3v) is 5.78. The van der Waals surface area contributed by atoms with Gasteiger partial charge in [0.2, 0.25) is 0 Å². The average Bonchev–Trinajstić information content (AvgIpc) is 3.27. The first kappa shape index (κ1) is 23.0. The molecule has 0 bridgehead atoms. The Morgan fingerprint density at radius 2 is 1.79 bits per heavy atom. The molecule has 3 aromatic carbocycles. The summed E-state index contributed by atoms with van der Waals surface area (Å²) >= 11 is 0. The second-order valence-electron chi connectivity index (χ2n) is 7.75. The summed E-state index contributed by atoms with van der Waals surface area (Å²) in [6.45, 7) is 1.19. The molecule has 0 atom stereocenters. The Hall–Kier alpha value is -4.19. The molecule has 1 heterocycles. The van der Waals surface area contributed by atoms with Gasteiger partial charge >= 0.3 is 6.55 Å². The number of aromatic nitrogens is 3. The van der Waals surface area contributed by atoms with Crippen molar-refractivity contribution in [3.8, 4) is 28.7 Å². The lowest BCUT2D eigenvalue weighted by Crippen LogP contribution is -2.08. The van der Waals surface area contributed by atoms with Crippen LogP contribution in [-0.4, -0.2) is 29.2 Å². The number of hydrogen-bond acceptors (Lipinski definition) is 6. The number of ether oxygens (including phenoxy) is 2. The van der Waals surface area contributed by atoms with Gasteiger partial charge in [-0.1, -0.05) is 23.4 Å². The van der Waals surface area contributed by atoms with E-state index in [4.69, 9.17) is 9.47 Å². The number of nitriles is 1. The number of fused-ring (bicyclic) bond motifs is 1. The zero-order valence-electron chi connectivity index (χ0n) is 19.2. The van der Waals surface area contributed by atoms with Crippen LogP contribution in [-0.2, 0) is 6.54 Å². The Balaban J connectivity index is 1.99. The number of halogens is 2. The van der Waals surface area contributed by atoms with Crippen LogP contribution < -0.4 is 14.8 Å². The number of methoxy groups -OCH3 is 2. The Labute approximate surface area is 195 Å². The molecule has 0 aliphatic carbocycles. The fraction of sp³-hybridized carbons (Fsp3) is 0.240. The van der Waals surface area contributed by atoms with Gasteiger partial charge in [0.1, 0.15) is 28.6 Å². The van der Waals surface area contributed by atoms with Crippen LogP contribution in [0.25, 0.3) is 22.2 Å². The lowest BCUT2D eigenvalue weighted by atomic mass is 9.91. The van der Waals surface area contributed by atoms with Crippen molar-refractivity contribution >= 4 is 16.7 Å². The Morgan fingerprint density at radius 1 is 1.06 bits per heavy atom. The minimum absolute atomic E-state index is 0.144. The van der Waals surface area contributed by atoms with Gasteiger partial charge in [-0.25, -0.2) is 0 Å². The predicted octanol–water partition coefficient (Wildman–Crippen LogP) is 5.61. The Morgan fingerprint density at radius 3 is 2.41 bits per heavy atom. The van der Waals surface area contributed by atoms with Crippen molar-refractivity contribution in [2.75, 3.05) is 19.5 Å². The average molecular weight is 463 g/mol. The highest BCUT2D eigenvalue weighted by Crippen LogP contribution is 2.43. The normalized spacial score (nSPS) is 11.0. The van der Waals surface area contributed by atoms with Gasteiger partial charge in [0.15, 0.2) is 0 Å². The molecule has 0 unspecified atom stereocenters. The Kier molecular flexibility index (Phi) is 6.32. The van der Waals surface area contributed by atoms with Crippen molar-refractivity contribution in [1.82, 2.24) is 15.0 Å². The highest BCUT2D eigenvalue weighted by atomic mass is 19.3. The van der Waals surface area contributed by atoms with Crippen LogP contribution >= 0.6 is 0 Å². The SMILES string of the molecule is COc1ccc(CNc2c(C#N)cc3nnn(C(F)F)c3c2-c2c(C)ccc(OC)c2C)cc1. The van der Waals surface area contributed by atoms with Gasteiger partial charge in [0.05, 0.1) is 25.5 Å². The maximum atomic E-state index is 13.9. The summed E-state index contributed by atoms with van der Waals surface area (Å²) in [5.41, 5.74) is 4.69. The van der Waals surface area contributed by atoms with E-state index in [-0.39, 0.29) is 16.6 Å². The first-order valence-corrected chi connectivity index (χ1v) is 10.5. The van der Waals surface area contributed by atoms with Crippen LogP contribution in [0.15, 0.2) is 42.5 Å². The molecule has 0 aliphatic rings. The van der Waals surface area contributed by atoms with Crippen LogP contribution in [0.3, 0.4) is 0 Å². The smallest absolute Gasteiger partial charge is 0.335 e. The summed E-state index contributed by atoms with van der Waals surface area (Å²) in [7, 11) is 3.14. The molecule has 34 heavy (non-hydrogen) atoms. The molecular formula is C25H23F2N5O2. The van der Waals surface area contributed by atoms with Crippen LogP contribution in [0.5, 0.6) is 11.5 Å². The van der Waals surface area contributed by atoms with E-state index in [0.29, 0.717) is 33.8 Å². The van der Waals surface area contributed by atoms with Gasteiger partial charge in [0.25, 0.3) is 0 Å². The molecule has 0 fully saturated rings. The summed E-state index contributed by atoms with van der Waals surface area (Å²) in [4.78, 5) is 0. The van der Waals surface area contributed by atoms with Crippen molar-refractivity contribution in [2.24, 2.45) is 0 Å². The number of nitrogens with one attached hydrogen (secondary N) is 1. The van der Waals surface area contributed by atoms with Crippen LogP contribution in [0.4, 0.5) is 14.5 Å². The molecule has 0 saturated carbocycles. The molecule has 0 spiro atoms. The number of rotatable bonds is 7. The molecule has 1 N–H and O–H groups in total. The lowest BCUT2D eigenvalue weighted by molar-refractivity contribution is 0.0594. The topological polar surface area (TPSA) is 85.0 Å². The molecule has 1 aromatic heterocycles. The number of hydrogen-bond donors (Lipinski definition) is 1. The van der Waals surface area contributed by atoms with E-state index in [0.717, 1.165) is 22.4 Å². The van der Waals surface area contributed by atoms with Gasteiger partial charge in [0, 0.05) is 12.1 Å². The number of benzene rings is 3. The first-order valence-electron chi connectivity index (χ1n) is 10.5. The monoisotopic (exact) mass is 463 g/mol. The van der Waals surface area contributed by atoms with Crippen molar-refractivity contribution < 1.29 is 18.3 Å². The third kappa shape index (κ3) is 3.99. The van der Waals surface area contributed by atoms with Crippen molar-refractivity contribution in [1.29, 1.82) is 5.26 Å². The zero-order valence-corrected chi connectivity index (χ0v) is 19.2. The molecule has 0 saturated heterocycles. The molecule has 7 nitrogen and oxygen atoms in total. The van der Waals surface area contributed by atoms with Crippen LogP contribution in [0, 0.1) is 25.2 Å². The number of alkyl halides is 2. The molecule has 174 valence electrons. The van der Waals surface area contributed by atoms with E-state index in [1.807, 2.05) is 50.2 Å². The summed E-state index contributed by atoms with van der Waals surface area (Å²) in [5.74, 6) is 1.33.